The quantitative estimate of drug-likeness (QED) is 0.709. The molecule has 2 fully saturated rings. The highest BCUT2D eigenvalue weighted by molar-refractivity contribution is 5.82. The van der Waals surface area contributed by atoms with Crippen LogP contribution in [-0.4, -0.2) is 74.7 Å². The van der Waals surface area contributed by atoms with Crippen LogP contribution in [0, 0.1) is 5.92 Å². The topological polar surface area (TPSA) is 44.8 Å². The second-order valence-corrected chi connectivity index (χ2v) is 6.60. The van der Waals surface area contributed by atoms with Gasteiger partial charge < -0.3 is 15.0 Å². The molecule has 1 N–H and O–H groups in total. The third-order valence-corrected chi connectivity index (χ3v) is 4.80. The fourth-order valence-electron chi connectivity index (χ4n) is 3.35. The number of carbonyl (C=O) groups is 1. The minimum Gasteiger partial charge on any atom is -0.468 e. The summed E-state index contributed by atoms with van der Waals surface area (Å²) in [5, 5.41) is 3.54. The van der Waals surface area contributed by atoms with E-state index < -0.39 is 5.54 Å². The maximum Gasteiger partial charge on any atom is 0.327 e. The van der Waals surface area contributed by atoms with Crippen LogP contribution >= 0.6 is 0 Å². The van der Waals surface area contributed by atoms with Crippen molar-refractivity contribution in [1.29, 1.82) is 0 Å². The van der Waals surface area contributed by atoms with E-state index in [1.165, 1.54) is 13.5 Å². The molecule has 2 aliphatic rings. The molecular weight excluding hydrogens is 266 g/mol. The lowest BCUT2D eigenvalue weighted by Crippen LogP contribution is -2.61. The maximum absolute atomic E-state index is 12.5. The SMILES string of the molecule is CCCNC(CN1CCCN(C)CC1)(C(=O)OC)C1CC1. The fraction of sp³-hybridized carbons (Fsp3) is 0.938. The Labute approximate surface area is 129 Å². The van der Waals surface area contributed by atoms with Crippen molar-refractivity contribution >= 4 is 5.97 Å². The molecule has 1 unspecified atom stereocenters. The Balaban J connectivity index is 2.08. The average molecular weight is 297 g/mol. The summed E-state index contributed by atoms with van der Waals surface area (Å²) in [6.45, 7) is 8.14. The molecule has 1 aliphatic carbocycles. The number of nitrogens with zero attached hydrogens (tertiary/aromatic N) is 2. The van der Waals surface area contributed by atoms with Gasteiger partial charge in [-0.1, -0.05) is 6.92 Å². The van der Waals surface area contributed by atoms with Crippen LogP contribution in [0.1, 0.15) is 32.6 Å². The summed E-state index contributed by atoms with van der Waals surface area (Å²) in [4.78, 5) is 17.3. The zero-order chi connectivity index (χ0) is 15.3. The van der Waals surface area contributed by atoms with E-state index in [2.05, 4.69) is 29.1 Å². The Kier molecular flexibility index (Phi) is 6.02. The van der Waals surface area contributed by atoms with Crippen molar-refractivity contribution in [3.8, 4) is 0 Å². The summed E-state index contributed by atoms with van der Waals surface area (Å²) in [5.41, 5.74) is -0.492. The molecule has 21 heavy (non-hydrogen) atoms. The number of ether oxygens (including phenoxy) is 1. The minimum atomic E-state index is -0.492. The van der Waals surface area contributed by atoms with Crippen molar-refractivity contribution in [1.82, 2.24) is 15.1 Å². The number of rotatable bonds is 7. The molecule has 0 bridgehead atoms. The summed E-state index contributed by atoms with van der Waals surface area (Å²) in [7, 11) is 3.69. The first-order valence-corrected chi connectivity index (χ1v) is 8.36. The van der Waals surface area contributed by atoms with Crippen LogP contribution in [0.5, 0.6) is 0 Å². The van der Waals surface area contributed by atoms with E-state index >= 15 is 0 Å². The number of esters is 1. The highest BCUT2D eigenvalue weighted by Gasteiger charge is 2.52. The van der Waals surface area contributed by atoms with E-state index in [0.717, 1.165) is 58.5 Å². The van der Waals surface area contributed by atoms with Crippen molar-refractivity contribution in [3.63, 3.8) is 0 Å². The molecule has 1 atom stereocenters. The summed E-state index contributed by atoms with van der Waals surface area (Å²) in [5.74, 6) is 0.369. The Bertz CT molecular complexity index is 346. The van der Waals surface area contributed by atoms with E-state index in [9.17, 15) is 4.79 Å². The number of hydrogen-bond donors (Lipinski definition) is 1. The van der Waals surface area contributed by atoms with E-state index in [1.807, 2.05) is 0 Å². The Hall–Kier alpha value is -0.650. The molecule has 0 aromatic carbocycles. The van der Waals surface area contributed by atoms with Crippen LogP contribution in [0.4, 0.5) is 0 Å². The molecule has 0 amide bonds. The molecule has 0 aromatic heterocycles. The summed E-state index contributed by atoms with van der Waals surface area (Å²) in [6, 6.07) is 0. The molecule has 1 aliphatic heterocycles. The second-order valence-electron chi connectivity index (χ2n) is 6.60. The third kappa shape index (κ3) is 4.18. The molecule has 0 spiro atoms. The van der Waals surface area contributed by atoms with Gasteiger partial charge in [0.15, 0.2) is 0 Å². The molecule has 122 valence electrons. The number of carbonyl (C=O) groups excluding carboxylic acids is 1. The Morgan fingerprint density at radius 1 is 1.29 bits per heavy atom. The van der Waals surface area contributed by atoms with Crippen LogP contribution in [-0.2, 0) is 9.53 Å². The van der Waals surface area contributed by atoms with Gasteiger partial charge in [0.05, 0.1) is 7.11 Å². The zero-order valence-electron chi connectivity index (χ0n) is 13.9. The van der Waals surface area contributed by atoms with Crippen molar-refractivity contribution in [3.05, 3.63) is 0 Å². The average Bonchev–Trinajstić information content (AvgIpc) is 3.32. The van der Waals surface area contributed by atoms with E-state index in [0.29, 0.717) is 5.92 Å². The molecule has 5 nitrogen and oxygen atoms in total. The number of likely N-dealkylation sites (N-methyl/N-ethyl adjacent to an activating group) is 1. The smallest absolute Gasteiger partial charge is 0.327 e. The molecule has 0 radical (unpaired) electrons. The highest BCUT2D eigenvalue weighted by atomic mass is 16.5. The zero-order valence-corrected chi connectivity index (χ0v) is 13.9. The van der Waals surface area contributed by atoms with Gasteiger partial charge in [-0.2, -0.15) is 0 Å². The first-order valence-electron chi connectivity index (χ1n) is 8.36. The largest absolute Gasteiger partial charge is 0.468 e. The molecular formula is C16H31N3O2. The standard InChI is InChI=1S/C16H31N3O2/c1-4-8-17-16(14-6-7-14,15(20)21-3)13-19-10-5-9-18(2)11-12-19/h14,17H,4-13H2,1-3H3. The lowest BCUT2D eigenvalue weighted by Gasteiger charge is -2.37. The lowest BCUT2D eigenvalue weighted by atomic mass is 9.91. The number of methoxy groups -OCH3 is 1. The van der Waals surface area contributed by atoms with Gasteiger partial charge in [0.25, 0.3) is 0 Å². The van der Waals surface area contributed by atoms with Crippen LogP contribution < -0.4 is 5.32 Å². The highest BCUT2D eigenvalue weighted by Crippen LogP contribution is 2.41. The van der Waals surface area contributed by atoms with Crippen molar-refractivity contribution in [2.45, 2.75) is 38.1 Å². The van der Waals surface area contributed by atoms with Gasteiger partial charge in [-0.3, -0.25) is 4.90 Å². The molecule has 0 aromatic rings. The number of nitrogens with one attached hydrogen (secondary N) is 1. The molecule has 2 rings (SSSR count). The van der Waals surface area contributed by atoms with E-state index in [-0.39, 0.29) is 5.97 Å². The van der Waals surface area contributed by atoms with Crippen LogP contribution in [0.2, 0.25) is 0 Å². The summed E-state index contributed by atoms with van der Waals surface area (Å²) >= 11 is 0. The maximum atomic E-state index is 12.5. The summed E-state index contributed by atoms with van der Waals surface area (Å²) in [6.07, 6.45) is 4.49. The normalized spacial score (nSPS) is 24.3. The first kappa shape index (κ1) is 16.7. The van der Waals surface area contributed by atoms with Gasteiger partial charge >= 0.3 is 5.97 Å². The molecule has 1 saturated carbocycles. The van der Waals surface area contributed by atoms with Crippen molar-refractivity contribution in [2.24, 2.45) is 5.92 Å². The monoisotopic (exact) mass is 297 g/mol. The van der Waals surface area contributed by atoms with Gasteiger partial charge in [-0.25, -0.2) is 4.79 Å². The van der Waals surface area contributed by atoms with Gasteiger partial charge in [0.1, 0.15) is 5.54 Å². The second kappa shape index (κ2) is 7.56. The Morgan fingerprint density at radius 2 is 2.05 bits per heavy atom. The van der Waals surface area contributed by atoms with Gasteiger partial charge in [0, 0.05) is 19.6 Å². The Morgan fingerprint density at radius 3 is 2.67 bits per heavy atom. The van der Waals surface area contributed by atoms with Gasteiger partial charge in [0.2, 0.25) is 0 Å². The molecule has 1 heterocycles. The lowest BCUT2D eigenvalue weighted by molar-refractivity contribution is -0.150. The van der Waals surface area contributed by atoms with Crippen molar-refractivity contribution < 1.29 is 9.53 Å². The van der Waals surface area contributed by atoms with Gasteiger partial charge in [-0.05, 0) is 58.3 Å². The predicted octanol–water partition coefficient (Wildman–Crippen LogP) is 0.945. The first-order chi connectivity index (χ1) is 10.1. The van der Waals surface area contributed by atoms with Gasteiger partial charge in [-0.15, -0.1) is 0 Å². The minimum absolute atomic E-state index is 0.0731. The fourth-order valence-corrected chi connectivity index (χ4v) is 3.35. The van der Waals surface area contributed by atoms with Crippen LogP contribution in [0.25, 0.3) is 0 Å². The van der Waals surface area contributed by atoms with Crippen molar-refractivity contribution in [2.75, 3.05) is 53.4 Å². The van der Waals surface area contributed by atoms with Crippen LogP contribution in [0.15, 0.2) is 0 Å². The number of hydrogen-bond acceptors (Lipinski definition) is 5. The molecule has 5 heteroatoms. The summed E-state index contributed by atoms with van der Waals surface area (Å²) < 4.78 is 5.17. The van der Waals surface area contributed by atoms with Crippen LogP contribution in [0.3, 0.4) is 0 Å². The van der Waals surface area contributed by atoms with E-state index in [1.54, 1.807) is 0 Å². The predicted molar refractivity (Wildman–Crippen MR) is 84.3 cm³/mol. The third-order valence-electron chi connectivity index (χ3n) is 4.80. The molecule has 1 saturated heterocycles. The van der Waals surface area contributed by atoms with E-state index in [4.69, 9.17) is 4.74 Å².